The van der Waals surface area contributed by atoms with Crippen molar-refractivity contribution in [3.63, 3.8) is 0 Å². The summed E-state index contributed by atoms with van der Waals surface area (Å²) in [5.74, 6) is 0.0275. The molecular formula is C12H14O4S. The Morgan fingerprint density at radius 3 is 2.53 bits per heavy atom. The number of aliphatic hydroxyl groups is 1. The maximum absolute atomic E-state index is 12.1. The molecule has 0 fully saturated rings. The summed E-state index contributed by atoms with van der Waals surface area (Å²) in [7, 11) is -3.51. The van der Waals surface area contributed by atoms with Gasteiger partial charge in [0.25, 0.3) is 0 Å². The molecule has 1 aromatic rings. The van der Waals surface area contributed by atoms with Crippen molar-refractivity contribution >= 4 is 15.9 Å². The van der Waals surface area contributed by atoms with E-state index in [1.807, 2.05) is 0 Å². The molecule has 2 rings (SSSR count). The number of aromatic hydroxyl groups is 1. The molecule has 17 heavy (non-hydrogen) atoms. The first kappa shape index (κ1) is 12.1. The van der Waals surface area contributed by atoms with E-state index in [0.29, 0.717) is 5.56 Å². The van der Waals surface area contributed by atoms with Gasteiger partial charge in [0.15, 0.2) is 0 Å². The van der Waals surface area contributed by atoms with Crippen LogP contribution in [0.25, 0.3) is 6.08 Å². The third kappa shape index (κ3) is 2.21. The second-order valence-electron chi connectivity index (χ2n) is 4.83. The predicted octanol–water partition coefficient (Wildman–Crippen LogP) is 1.68. The molecule has 1 heterocycles. The van der Waals surface area contributed by atoms with Crippen molar-refractivity contribution in [2.24, 2.45) is 0 Å². The molecule has 0 saturated heterocycles. The minimum Gasteiger partial charge on any atom is -0.508 e. The first-order chi connectivity index (χ1) is 7.70. The third-order valence-corrected chi connectivity index (χ3v) is 4.45. The summed E-state index contributed by atoms with van der Waals surface area (Å²) >= 11 is 0. The Kier molecular flexibility index (Phi) is 2.56. The molecule has 5 heteroatoms. The van der Waals surface area contributed by atoms with Crippen LogP contribution >= 0.6 is 0 Å². The number of sulfone groups is 1. The number of fused-ring (bicyclic) bond motifs is 1. The van der Waals surface area contributed by atoms with Crippen LogP contribution in [-0.4, -0.2) is 24.2 Å². The van der Waals surface area contributed by atoms with Crippen molar-refractivity contribution in [1.29, 1.82) is 0 Å². The van der Waals surface area contributed by atoms with Gasteiger partial charge in [-0.3, -0.25) is 0 Å². The summed E-state index contributed by atoms with van der Waals surface area (Å²) in [6.45, 7) is 3.12. The van der Waals surface area contributed by atoms with Gasteiger partial charge in [0.1, 0.15) is 5.75 Å². The second-order valence-corrected chi connectivity index (χ2v) is 6.80. The monoisotopic (exact) mass is 254 g/mol. The Balaban J connectivity index is 2.51. The van der Waals surface area contributed by atoms with E-state index in [1.165, 1.54) is 24.3 Å². The molecule has 92 valence electrons. The highest BCUT2D eigenvalue weighted by molar-refractivity contribution is 7.95. The van der Waals surface area contributed by atoms with Gasteiger partial charge in [-0.15, -0.1) is 0 Å². The number of benzene rings is 1. The van der Waals surface area contributed by atoms with Crippen LogP contribution < -0.4 is 0 Å². The minimum atomic E-state index is -3.51. The molecular weight excluding hydrogens is 240 g/mol. The van der Waals surface area contributed by atoms with Gasteiger partial charge in [0.05, 0.1) is 15.4 Å². The molecule has 0 bridgehead atoms. The third-order valence-electron chi connectivity index (χ3n) is 2.55. The Hall–Kier alpha value is -1.33. The lowest BCUT2D eigenvalue weighted by Gasteiger charge is -2.17. The van der Waals surface area contributed by atoms with E-state index in [9.17, 15) is 18.6 Å². The maximum Gasteiger partial charge on any atom is 0.203 e. The molecule has 0 saturated carbocycles. The van der Waals surface area contributed by atoms with Gasteiger partial charge in [-0.25, -0.2) is 8.42 Å². The maximum atomic E-state index is 12.1. The zero-order valence-electron chi connectivity index (χ0n) is 9.64. The SMILES string of the molecule is CC(C)(O)CC1=Cc2cc(O)ccc2S1(=O)=O. The Morgan fingerprint density at radius 2 is 1.94 bits per heavy atom. The van der Waals surface area contributed by atoms with Crippen molar-refractivity contribution in [2.75, 3.05) is 0 Å². The summed E-state index contributed by atoms with van der Waals surface area (Å²) in [6, 6.07) is 4.13. The molecule has 4 nitrogen and oxygen atoms in total. The van der Waals surface area contributed by atoms with Crippen LogP contribution in [-0.2, 0) is 9.84 Å². The van der Waals surface area contributed by atoms with E-state index >= 15 is 0 Å². The van der Waals surface area contributed by atoms with Crippen molar-refractivity contribution in [2.45, 2.75) is 30.8 Å². The molecule has 1 aliphatic rings. The van der Waals surface area contributed by atoms with Crippen molar-refractivity contribution in [3.05, 3.63) is 28.7 Å². The zero-order chi connectivity index (χ0) is 12.8. The van der Waals surface area contributed by atoms with E-state index in [0.717, 1.165) is 0 Å². The molecule has 0 unspecified atom stereocenters. The summed E-state index contributed by atoms with van der Waals surface area (Å²) < 4.78 is 24.2. The van der Waals surface area contributed by atoms with Crippen molar-refractivity contribution in [3.8, 4) is 5.75 Å². The van der Waals surface area contributed by atoms with Crippen LogP contribution in [0.2, 0.25) is 0 Å². The van der Waals surface area contributed by atoms with E-state index in [2.05, 4.69) is 0 Å². The molecule has 0 radical (unpaired) electrons. The molecule has 2 N–H and O–H groups in total. The average Bonchev–Trinajstić information content (AvgIpc) is 2.35. The highest BCUT2D eigenvalue weighted by Gasteiger charge is 2.32. The number of hydrogen-bond acceptors (Lipinski definition) is 4. The van der Waals surface area contributed by atoms with Crippen LogP contribution in [0, 0.1) is 0 Å². The highest BCUT2D eigenvalue weighted by Crippen LogP contribution is 2.37. The first-order valence-electron chi connectivity index (χ1n) is 5.21. The molecule has 0 aromatic heterocycles. The van der Waals surface area contributed by atoms with Gasteiger partial charge in [0, 0.05) is 6.42 Å². The lowest BCUT2D eigenvalue weighted by atomic mass is 10.0. The lowest BCUT2D eigenvalue weighted by molar-refractivity contribution is 0.0829. The fraction of sp³-hybridized carbons (Fsp3) is 0.333. The van der Waals surface area contributed by atoms with Gasteiger partial charge in [0.2, 0.25) is 9.84 Å². The van der Waals surface area contributed by atoms with E-state index < -0.39 is 15.4 Å². The van der Waals surface area contributed by atoms with Gasteiger partial charge in [-0.05, 0) is 43.7 Å². The number of phenols is 1. The summed E-state index contributed by atoms with van der Waals surface area (Å²) in [5.41, 5.74) is -0.604. The fourth-order valence-corrected chi connectivity index (χ4v) is 3.64. The Labute approximate surface area is 100 Å². The van der Waals surface area contributed by atoms with Crippen LogP contribution in [0.15, 0.2) is 28.0 Å². The zero-order valence-corrected chi connectivity index (χ0v) is 10.5. The number of rotatable bonds is 2. The highest BCUT2D eigenvalue weighted by atomic mass is 32.2. The van der Waals surface area contributed by atoms with Crippen LogP contribution in [0.5, 0.6) is 5.75 Å². The smallest absolute Gasteiger partial charge is 0.203 e. The lowest BCUT2D eigenvalue weighted by Crippen LogP contribution is -2.21. The van der Waals surface area contributed by atoms with Crippen molar-refractivity contribution in [1.82, 2.24) is 0 Å². The number of phenolic OH excluding ortho intramolecular Hbond substituents is 1. The molecule has 0 spiro atoms. The number of hydrogen-bond donors (Lipinski definition) is 2. The molecule has 1 aliphatic heterocycles. The Morgan fingerprint density at radius 1 is 1.29 bits per heavy atom. The summed E-state index contributed by atoms with van der Waals surface area (Å²) in [6.07, 6.45) is 1.56. The van der Waals surface area contributed by atoms with Crippen LogP contribution in [0.3, 0.4) is 0 Å². The summed E-state index contributed by atoms with van der Waals surface area (Å²) in [5, 5.41) is 19.0. The average molecular weight is 254 g/mol. The van der Waals surface area contributed by atoms with E-state index in [1.54, 1.807) is 13.8 Å². The van der Waals surface area contributed by atoms with Crippen LogP contribution in [0.4, 0.5) is 0 Å². The standard InChI is InChI=1S/C12H14O4S/c1-12(2,14)7-10-6-8-5-9(13)3-4-11(8)17(10,15)16/h3-6,13-14H,7H2,1-2H3. The largest absolute Gasteiger partial charge is 0.508 e. The van der Waals surface area contributed by atoms with Gasteiger partial charge < -0.3 is 10.2 Å². The van der Waals surface area contributed by atoms with Gasteiger partial charge >= 0.3 is 0 Å². The topological polar surface area (TPSA) is 74.6 Å². The summed E-state index contributed by atoms with van der Waals surface area (Å²) in [4.78, 5) is 0.375. The van der Waals surface area contributed by atoms with Crippen molar-refractivity contribution < 1.29 is 18.6 Å². The molecule has 0 aliphatic carbocycles. The minimum absolute atomic E-state index is 0.0275. The molecule has 1 aromatic carbocycles. The van der Waals surface area contributed by atoms with E-state index in [4.69, 9.17) is 0 Å². The predicted molar refractivity (Wildman–Crippen MR) is 64.2 cm³/mol. The fourth-order valence-electron chi connectivity index (χ4n) is 1.86. The molecule has 0 amide bonds. The van der Waals surface area contributed by atoms with Gasteiger partial charge in [-0.2, -0.15) is 0 Å². The van der Waals surface area contributed by atoms with Crippen LogP contribution in [0.1, 0.15) is 25.8 Å². The molecule has 0 atom stereocenters. The first-order valence-corrected chi connectivity index (χ1v) is 6.69. The normalized spacial score (nSPS) is 17.7. The van der Waals surface area contributed by atoms with E-state index in [-0.39, 0.29) is 22.0 Å². The quantitative estimate of drug-likeness (QED) is 0.842. The Bertz CT molecular complexity index is 591. The van der Waals surface area contributed by atoms with Gasteiger partial charge in [-0.1, -0.05) is 0 Å². The second kappa shape index (κ2) is 3.58.